The lowest BCUT2D eigenvalue weighted by Crippen LogP contribution is -2.40. The van der Waals surface area contributed by atoms with Crippen molar-refractivity contribution in [2.45, 2.75) is 38.1 Å². The van der Waals surface area contributed by atoms with Gasteiger partial charge in [-0.2, -0.15) is 0 Å². The second-order valence-corrected chi connectivity index (χ2v) is 5.71. The van der Waals surface area contributed by atoms with Gasteiger partial charge in [-0.1, -0.05) is 6.42 Å². The second-order valence-electron chi connectivity index (χ2n) is 5.71. The van der Waals surface area contributed by atoms with Gasteiger partial charge < -0.3 is 10.1 Å². The Labute approximate surface area is 92.8 Å². The molecule has 5 atom stereocenters. The van der Waals surface area contributed by atoms with Crippen LogP contribution in [0.4, 0.5) is 0 Å². The van der Waals surface area contributed by atoms with Crippen LogP contribution in [-0.2, 0) is 4.74 Å². The maximum atomic E-state index is 5.11. The number of ether oxygens (including phenoxy) is 1. The van der Waals surface area contributed by atoms with Crippen LogP contribution in [0.5, 0.6) is 0 Å². The molecule has 0 spiro atoms. The number of nitrogens with one attached hydrogen (secondary N) is 1. The largest absolute Gasteiger partial charge is 0.383 e. The van der Waals surface area contributed by atoms with E-state index in [0.29, 0.717) is 0 Å². The summed E-state index contributed by atoms with van der Waals surface area (Å²) in [5.74, 6) is 4.29. The molecule has 3 rings (SSSR count). The first-order valence-electron chi connectivity index (χ1n) is 6.62. The summed E-state index contributed by atoms with van der Waals surface area (Å²) in [4.78, 5) is 0. The Morgan fingerprint density at radius 1 is 1.13 bits per heavy atom. The van der Waals surface area contributed by atoms with Crippen LogP contribution < -0.4 is 5.32 Å². The SMILES string of the molecule is COCCNC1CC2CC1C1CCCC21. The minimum absolute atomic E-state index is 0.824. The van der Waals surface area contributed by atoms with E-state index in [2.05, 4.69) is 5.32 Å². The van der Waals surface area contributed by atoms with Crippen LogP contribution in [0.3, 0.4) is 0 Å². The molecule has 3 fully saturated rings. The first-order valence-corrected chi connectivity index (χ1v) is 6.62. The summed E-state index contributed by atoms with van der Waals surface area (Å²) in [6, 6.07) is 0.824. The zero-order chi connectivity index (χ0) is 10.3. The molecule has 3 aliphatic rings. The molecule has 0 heterocycles. The minimum atomic E-state index is 0.824. The zero-order valence-corrected chi connectivity index (χ0v) is 9.74. The third-order valence-corrected chi connectivity index (χ3v) is 5.14. The Kier molecular flexibility index (Phi) is 2.73. The van der Waals surface area contributed by atoms with E-state index in [1.165, 1.54) is 32.1 Å². The minimum Gasteiger partial charge on any atom is -0.383 e. The van der Waals surface area contributed by atoms with Gasteiger partial charge in [-0.05, 0) is 49.4 Å². The van der Waals surface area contributed by atoms with Gasteiger partial charge in [0.15, 0.2) is 0 Å². The van der Waals surface area contributed by atoms with Gasteiger partial charge in [0.05, 0.1) is 6.61 Å². The predicted octanol–water partition coefficient (Wildman–Crippen LogP) is 2.05. The highest BCUT2D eigenvalue weighted by molar-refractivity contribution is 5.05. The van der Waals surface area contributed by atoms with Crippen molar-refractivity contribution < 1.29 is 4.74 Å². The lowest BCUT2D eigenvalue weighted by molar-refractivity contribution is 0.171. The van der Waals surface area contributed by atoms with Crippen LogP contribution >= 0.6 is 0 Å². The Hall–Kier alpha value is -0.0800. The quantitative estimate of drug-likeness (QED) is 0.716. The monoisotopic (exact) mass is 209 g/mol. The Morgan fingerprint density at radius 2 is 2.00 bits per heavy atom. The van der Waals surface area contributed by atoms with Gasteiger partial charge >= 0.3 is 0 Å². The standard InChI is InChI=1S/C13H23NO/c1-15-6-5-14-13-8-9-7-12(13)11-4-2-3-10(9)11/h9-14H,2-8H2,1H3. The highest BCUT2D eigenvalue weighted by Crippen LogP contribution is 2.58. The van der Waals surface area contributed by atoms with Gasteiger partial charge in [-0.25, -0.2) is 0 Å². The van der Waals surface area contributed by atoms with Gasteiger partial charge in [-0.3, -0.25) is 0 Å². The average Bonchev–Trinajstić information content (AvgIpc) is 2.89. The van der Waals surface area contributed by atoms with E-state index in [1.807, 2.05) is 0 Å². The molecule has 0 aromatic heterocycles. The molecule has 1 N–H and O–H groups in total. The van der Waals surface area contributed by atoms with Crippen LogP contribution in [0.1, 0.15) is 32.1 Å². The van der Waals surface area contributed by atoms with E-state index in [4.69, 9.17) is 4.74 Å². The summed E-state index contributed by atoms with van der Waals surface area (Å²) in [7, 11) is 1.79. The van der Waals surface area contributed by atoms with Crippen LogP contribution in [0, 0.1) is 23.7 Å². The summed E-state index contributed by atoms with van der Waals surface area (Å²) in [6.07, 6.45) is 7.55. The number of methoxy groups -OCH3 is 1. The van der Waals surface area contributed by atoms with Crippen LogP contribution in [0.2, 0.25) is 0 Å². The lowest BCUT2D eigenvalue weighted by Gasteiger charge is -2.32. The molecule has 0 aliphatic heterocycles. The van der Waals surface area contributed by atoms with Crippen molar-refractivity contribution in [1.29, 1.82) is 0 Å². The first-order chi connectivity index (χ1) is 7.40. The maximum absolute atomic E-state index is 5.11. The van der Waals surface area contributed by atoms with E-state index < -0.39 is 0 Å². The van der Waals surface area contributed by atoms with E-state index >= 15 is 0 Å². The van der Waals surface area contributed by atoms with Crippen molar-refractivity contribution in [3.8, 4) is 0 Å². The predicted molar refractivity (Wildman–Crippen MR) is 60.7 cm³/mol. The van der Waals surface area contributed by atoms with Gasteiger partial charge in [0, 0.05) is 19.7 Å². The van der Waals surface area contributed by atoms with Gasteiger partial charge in [0.25, 0.3) is 0 Å². The van der Waals surface area contributed by atoms with E-state index in [0.717, 1.165) is 42.9 Å². The number of rotatable bonds is 4. The number of fused-ring (bicyclic) bond motifs is 5. The fraction of sp³-hybridized carbons (Fsp3) is 1.00. The van der Waals surface area contributed by atoms with Crippen molar-refractivity contribution in [1.82, 2.24) is 5.32 Å². The van der Waals surface area contributed by atoms with Crippen LogP contribution in [-0.4, -0.2) is 26.3 Å². The lowest BCUT2D eigenvalue weighted by atomic mass is 9.79. The van der Waals surface area contributed by atoms with E-state index in [1.54, 1.807) is 7.11 Å². The molecular weight excluding hydrogens is 186 g/mol. The van der Waals surface area contributed by atoms with Crippen LogP contribution in [0.15, 0.2) is 0 Å². The van der Waals surface area contributed by atoms with Crippen molar-refractivity contribution in [3.63, 3.8) is 0 Å². The highest BCUT2D eigenvalue weighted by Gasteiger charge is 2.53. The molecule has 2 bridgehead atoms. The smallest absolute Gasteiger partial charge is 0.0587 e. The topological polar surface area (TPSA) is 21.3 Å². The molecule has 15 heavy (non-hydrogen) atoms. The van der Waals surface area contributed by atoms with Crippen molar-refractivity contribution in [3.05, 3.63) is 0 Å². The molecule has 3 saturated carbocycles. The number of hydrogen-bond donors (Lipinski definition) is 1. The molecule has 0 saturated heterocycles. The fourth-order valence-corrected chi connectivity index (χ4v) is 4.65. The highest BCUT2D eigenvalue weighted by atomic mass is 16.5. The summed E-state index contributed by atoms with van der Waals surface area (Å²) in [5.41, 5.74) is 0. The molecule has 3 aliphatic carbocycles. The van der Waals surface area contributed by atoms with Gasteiger partial charge in [-0.15, -0.1) is 0 Å². The van der Waals surface area contributed by atoms with Crippen molar-refractivity contribution >= 4 is 0 Å². The third kappa shape index (κ3) is 1.62. The van der Waals surface area contributed by atoms with Gasteiger partial charge in [0.1, 0.15) is 0 Å². The Balaban J connectivity index is 1.56. The van der Waals surface area contributed by atoms with E-state index in [-0.39, 0.29) is 0 Å². The van der Waals surface area contributed by atoms with Crippen LogP contribution in [0.25, 0.3) is 0 Å². The second kappa shape index (κ2) is 4.06. The van der Waals surface area contributed by atoms with E-state index in [9.17, 15) is 0 Å². The molecule has 2 heteroatoms. The molecule has 0 amide bonds. The molecule has 2 nitrogen and oxygen atoms in total. The molecule has 5 unspecified atom stereocenters. The maximum Gasteiger partial charge on any atom is 0.0587 e. The third-order valence-electron chi connectivity index (χ3n) is 5.14. The van der Waals surface area contributed by atoms with Crippen molar-refractivity contribution in [2.24, 2.45) is 23.7 Å². The molecule has 0 aromatic carbocycles. The Bertz CT molecular complexity index is 231. The average molecular weight is 209 g/mol. The molecule has 86 valence electrons. The first kappa shape index (κ1) is 10.1. The molecule has 0 aromatic rings. The van der Waals surface area contributed by atoms with Crippen molar-refractivity contribution in [2.75, 3.05) is 20.3 Å². The normalized spacial score (nSPS) is 47.4. The molecular formula is C13H23NO. The van der Waals surface area contributed by atoms with Gasteiger partial charge in [0.2, 0.25) is 0 Å². The summed E-state index contributed by atoms with van der Waals surface area (Å²) in [5, 5.41) is 3.70. The fourth-order valence-electron chi connectivity index (χ4n) is 4.65. The molecule has 0 radical (unpaired) electrons. The Morgan fingerprint density at radius 3 is 2.87 bits per heavy atom. The summed E-state index contributed by atoms with van der Waals surface area (Å²) in [6.45, 7) is 1.91. The zero-order valence-electron chi connectivity index (χ0n) is 9.74. The summed E-state index contributed by atoms with van der Waals surface area (Å²) < 4.78 is 5.11. The summed E-state index contributed by atoms with van der Waals surface area (Å²) >= 11 is 0. The number of hydrogen-bond acceptors (Lipinski definition) is 2.